The Kier molecular flexibility index (Phi) is 4.55. The third-order valence-corrected chi connectivity index (χ3v) is 2.17. The van der Waals surface area contributed by atoms with E-state index in [9.17, 15) is 4.79 Å². The lowest BCUT2D eigenvalue weighted by Gasteiger charge is -2.19. The van der Waals surface area contributed by atoms with Crippen LogP contribution in [0.15, 0.2) is 18.2 Å². The first-order valence-corrected chi connectivity index (χ1v) is 5.69. The van der Waals surface area contributed by atoms with Gasteiger partial charge in [-0.15, -0.1) is 0 Å². The molecule has 1 aromatic carbocycles. The van der Waals surface area contributed by atoms with Gasteiger partial charge in [-0.25, -0.2) is 0 Å². The van der Waals surface area contributed by atoms with Gasteiger partial charge in [0.25, 0.3) is 0 Å². The minimum absolute atomic E-state index is 0.0137. The van der Waals surface area contributed by atoms with Crippen LogP contribution in [0.3, 0.4) is 0 Å². The van der Waals surface area contributed by atoms with Gasteiger partial charge in [-0.3, -0.25) is 4.79 Å². The molecule has 0 aliphatic carbocycles. The van der Waals surface area contributed by atoms with Crippen LogP contribution in [0.1, 0.15) is 20.8 Å². The van der Waals surface area contributed by atoms with E-state index in [4.69, 9.17) is 15.2 Å². The van der Waals surface area contributed by atoms with Gasteiger partial charge in [-0.2, -0.15) is 0 Å². The highest BCUT2D eigenvalue weighted by atomic mass is 16.5. The van der Waals surface area contributed by atoms with Gasteiger partial charge in [0.2, 0.25) is 5.91 Å². The minimum Gasteiger partial charge on any atom is -0.497 e. The van der Waals surface area contributed by atoms with Crippen LogP contribution >= 0.6 is 0 Å². The quantitative estimate of drug-likeness (QED) is 0.804. The average Bonchev–Trinajstić information content (AvgIpc) is 2.28. The molecule has 0 heterocycles. The lowest BCUT2D eigenvalue weighted by atomic mass is 10.2. The summed E-state index contributed by atoms with van der Waals surface area (Å²) in [6.07, 6.45) is 0. The van der Waals surface area contributed by atoms with Gasteiger partial charge in [-0.05, 0) is 32.9 Å². The average molecular weight is 252 g/mol. The molecule has 100 valence electrons. The molecule has 1 aromatic rings. The van der Waals surface area contributed by atoms with Crippen molar-refractivity contribution in [2.75, 3.05) is 24.8 Å². The molecule has 0 saturated carbocycles. The van der Waals surface area contributed by atoms with Crippen LogP contribution in [0.2, 0.25) is 0 Å². The van der Waals surface area contributed by atoms with Crippen molar-refractivity contribution in [2.24, 2.45) is 0 Å². The molecule has 0 spiro atoms. The summed E-state index contributed by atoms with van der Waals surface area (Å²) in [4.78, 5) is 11.7. The Balaban J connectivity index is 2.64. The fourth-order valence-electron chi connectivity index (χ4n) is 1.24. The topological polar surface area (TPSA) is 73.6 Å². The van der Waals surface area contributed by atoms with Gasteiger partial charge in [0.15, 0.2) is 0 Å². The van der Waals surface area contributed by atoms with Gasteiger partial charge in [-0.1, -0.05) is 0 Å². The molecular formula is C13H20N2O3. The molecule has 0 saturated heterocycles. The number of rotatable bonds is 4. The smallest absolute Gasteiger partial charge is 0.250 e. The zero-order chi connectivity index (χ0) is 13.8. The monoisotopic (exact) mass is 252 g/mol. The van der Waals surface area contributed by atoms with Gasteiger partial charge in [0, 0.05) is 6.07 Å². The summed E-state index contributed by atoms with van der Waals surface area (Å²) in [6.45, 7) is 5.65. The molecule has 5 heteroatoms. The second kappa shape index (κ2) is 5.73. The largest absolute Gasteiger partial charge is 0.497 e. The van der Waals surface area contributed by atoms with E-state index in [1.54, 1.807) is 25.3 Å². The van der Waals surface area contributed by atoms with Crippen molar-refractivity contribution >= 4 is 17.3 Å². The molecule has 0 fully saturated rings. The number of carbonyl (C=O) groups is 1. The van der Waals surface area contributed by atoms with Crippen molar-refractivity contribution in [3.05, 3.63) is 18.2 Å². The van der Waals surface area contributed by atoms with E-state index in [-0.39, 0.29) is 18.1 Å². The van der Waals surface area contributed by atoms with Crippen LogP contribution in [-0.2, 0) is 9.53 Å². The molecule has 0 aliphatic rings. The molecule has 1 amide bonds. The van der Waals surface area contributed by atoms with Crippen molar-refractivity contribution < 1.29 is 14.3 Å². The maximum absolute atomic E-state index is 11.7. The standard InChI is InChI=1S/C13H20N2O3/c1-13(2,3)18-8-12(16)15-11-7-9(17-4)5-6-10(11)14/h5-7H,8,14H2,1-4H3,(H,15,16). The number of hydrogen-bond donors (Lipinski definition) is 2. The number of nitrogens with one attached hydrogen (secondary N) is 1. The zero-order valence-electron chi connectivity index (χ0n) is 11.2. The first-order chi connectivity index (χ1) is 8.31. The molecule has 0 atom stereocenters. The van der Waals surface area contributed by atoms with Gasteiger partial charge >= 0.3 is 0 Å². The third-order valence-electron chi connectivity index (χ3n) is 2.17. The van der Waals surface area contributed by atoms with E-state index in [2.05, 4.69) is 5.32 Å². The molecule has 1 rings (SSSR count). The van der Waals surface area contributed by atoms with Crippen molar-refractivity contribution in [1.29, 1.82) is 0 Å². The summed E-state index contributed by atoms with van der Waals surface area (Å²) in [5.74, 6) is 0.390. The summed E-state index contributed by atoms with van der Waals surface area (Å²) >= 11 is 0. The Labute approximate surface area is 107 Å². The second-order valence-electron chi connectivity index (χ2n) is 4.90. The number of nitrogen functional groups attached to an aromatic ring is 1. The SMILES string of the molecule is COc1ccc(N)c(NC(=O)COC(C)(C)C)c1. The fourth-order valence-corrected chi connectivity index (χ4v) is 1.24. The summed E-state index contributed by atoms with van der Waals surface area (Å²) in [5, 5.41) is 2.69. The zero-order valence-corrected chi connectivity index (χ0v) is 11.2. The number of carbonyl (C=O) groups excluding carboxylic acids is 1. The van der Waals surface area contributed by atoms with Gasteiger partial charge in [0.05, 0.1) is 24.1 Å². The van der Waals surface area contributed by atoms with E-state index in [1.165, 1.54) is 0 Å². The first kappa shape index (κ1) is 14.3. The Bertz CT molecular complexity index is 425. The van der Waals surface area contributed by atoms with Crippen LogP contribution in [0.25, 0.3) is 0 Å². The molecule has 18 heavy (non-hydrogen) atoms. The van der Waals surface area contributed by atoms with Crippen LogP contribution in [0.4, 0.5) is 11.4 Å². The highest BCUT2D eigenvalue weighted by Gasteiger charge is 2.13. The second-order valence-corrected chi connectivity index (χ2v) is 4.90. The maximum atomic E-state index is 11.7. The lowest BCUT2D eigenvalue weighted by molar-refractivity contribution is -0.125. The van der Waals surface area contributed by atoms with Crippen molar-refractivity contribution in [1.82, 2.24) is 0 Å². The predicted octanol–water partition coefficient (Wildman–Crippen LogP) is 2.03. The molecule has 0 unspecified atom stereocenters. The van der Waals surface area contributed by atoms with Gasteiger partial charge in [0.1, 0.15) is 12.4 Å². The van der Waals surface area contributed by atoms with Crippen LogP contribution in [0.5, 0.6) is 5.75 Å². The summed E-state index contributed by atoms with van der Waals surface area (Å²) in [7, 11) is 1.56. The normalized spacial score (nSPS) is 11.1. The van der Waals surface area contributed by atoms with Crippen LogP contribution < -0.4 is 15.8 Å². The van der Waals surface area contributed by atoms with E-state index in [0.29, 0.717) is 17.1 Å². The summed E-state index contributed by atoms with van der Waals surface area (Å²) in [6, 6.07) is 5.08. The highest BCUT2D eigenvalue weighted by Crippen LogP contribution is 2.24. The lowest BCUT2D eigenvalue weighted by Crippen LogP contribution is -2.27. The van der Waals surface area contributed by atoms with Crippen molar-refractivity contribution in [3.63, 3.8) is 0 Å². The van der Waals surface area contributed by atoms with Crippen LogP contribution in [0, 0.1) is 0 Å². The third kappa shape index (κ3) is 4.63. The Morgan fingerprint density at radius 3 is 2.61 bits per heavy atom. The van der Waals surface area contributed by atoms with Crippen molar-refractivity contribution in [3.8, 4) is 5.75 Å². The Hall–Kier alpha value is -1.75. The molecular weight excluding hydrogens is 232 g/mol. The molecule has 0 bridgehead atoms. The van der Waals surface area contributed by atoms with E-state index in [1.807, 2.05) is 20.8 Å². The summed E-state index contributed by atoms with van der Waals surface area (Å²) < 4.78 is 10.4. The van der Waals surface area contributed by atoms with Crippen LogP contribution in [-0.4, -0.2) is 25.2 Å². The molecule has 0 aliphatic heterocycles. The molecule has 0 radical (unpaired) electrons. The number of hydrogen-bond acceptors (Lipinski definition) is 4. The van der Waals surface area contributed by atoms with E-state index < -0.39 is 0 Å². The molecule has 0 aromatic heterocycles. The first-order valence-electron chi connectivity index (χ1n) is 5.69. The number of ether oxygens (including phenoxy) is 2. The van der Waals surface area contributed by atoms with E-state index >= 15 is 0 Å². The van der Waals surface area contributed by atoms with Crippen molar-refractivity contribution in [2.45, 2.75) is 26.4 Å². The Morgan fingerprint density at radius 1 is 1.39 bits per heavy atom. The Morgan fingerprint density at radius 2 is 2.06 bits per heavy atom. The summed E-state index contributed by atoms with van der Waals surface area (Å²) in [5.41, 5.74) is 6.42. The number of amides is 1. The van der Waals surface area contributed by atoms with E-state index in [0.717, 1.165) is 0 Å². The predicted molar refractivity (Wildman–Crippen MR) is 71.7 cm³/mol. The fraction of sp³-hybridized carbons (Fsp3) is 0.462. The number of anilines is 2. The minimum atomic E-state index is -0.350. The number of methoxy groups -OCH3 is 1. The molecule has 3 N–H and O–H groups in total. The molecule has 5 nitrogen and oxygen atoms in total. The number of benzene rings is 1. The van der Waals surface area contributed by atoms with Gasteiger partial charge < -0.3 is 20.5 Å². The number of nitrogens with two attached hydrogens (primary N) is 1. The maximum Gasteiger partial charge on any atom is 0.250 e. The highest BCUT2D eigenvalue weighted by molar-refractivity contribution is 5.94.